The van der Waals surface area contributed by atoms with Crippen molar-refractivity contribution in [3.05, 3.63) is 112 Å². The fourth-order valence-electron chi connectivity index (χ4n) is 5.07. The third-order valence-corrected chi connectivity index (χ3v) is 9.39. The number of nitrogens with zero attached hydrogens (tertiary/aromatic N) is 1. The molecule has 0 saturated carbocycles. The van der Waals surface area contributed by atoms with Crippen molar-refractivity contribution in [3.8, 4) is 28.4 Å². The topological polar surface area (TPSA) is 171 Å². The van der Waals surface area contributed by atoms with Crippen LogP contribution in [0.1, 0.15) is 58.8 Å². The Balaban J connectivity index is 0.000000185. The minimum atomic E-state index is -0.660. The lowest BCUT2D eigenvalue weighted by Gasteiger charge is -2.32. The van der Waals surface area contributed by atoms with Crippen LogP contribution in [0, 0.1) is 0 Å². The second-order valence-corrected chi connectivity index (χ2v) is 13.5. The molecule has 1 aliphatic heterocycles. The Morgan fingerprint density at radius 2 is 1.17 bits per heavy atom. The summed E-state index contributed by atoms with van der Waals surface area (Å²) in [5.41, 5.74) is 1.99. The summed E-state index contributed by atoms with van der Waals surface area (Å²) >= 11 is 3.10. The number of aromatic nitrogens is 1. The molecule has 53 heavy (non-hydrogen) atoms. The van der Waals surface area contributed by atoms with Gasteiger partial charge < -0.3 is 38.8 Å². The van der Waals surface area contributed by atoms with E-state index in [1.165, 1.54) is 39.5 Å². The number of phenols is 3. The van der Waals surface area contributed by atoms with Gasteiger partial charge in [-0.2, -0.15) is 0 Å². The molecular formula is C39H39BBrNO11. The van der Waals surface area contributed by atoms with E-state index in [4.69, 9.17) is 9.31 Å². The highest BCUT2D eigenvalue weighted by molar-refractivity contribution is 9.10. The molecule has 0 atom stereocenters. The normalized spacial score (nSPS) is 13.8. The summed E-state index contributed by atoms with van der Waals surface area (Å²) in [5.74, 6) is -1.42. The number of benzene rings is 4. The van der Waals surface area contributed by atoms with Gasteiger partial charge >= 0.3 is 25.0 Å². The Labute approximate surface area is 315 Å². The summed E-state index contributed by atoms with van der Waals surface area (Å²) < 4.78 is 26.0. The molecule has 12 nitrogen and oxygen atoms in total. The van der Waals surface area contributed by atoms with Crippen molar-refractivity contribution >= 4 is 57.2 Å². The number of phenolic OH excluding ortho intramolecular Hbond substituents is 3. The summed E-state index contributed by atoms with van der Waals surface area (Å²) in [6.07, 6.45) is 3.49. The number of fused-ring (bicyclic) bond motifs is 1. The highest BCUT2D eigenvalue weighted by atomic mass is 79.9. The van der Waals surface area contributed by atoms with Crippen LogP contribution in [0.4, 0.5) is 0 Å². The summed E-state index contributed by atoms with van der Waals surface area (Å²) in [4.78, 5) is 38.0. The number of ether oxygens (including phenoxy) is 3. The summed E-state index contributed by atoms with van der Waals surface area (Å²) in [6.45, 7) is 7.75. The number of pyridine rings is 1. The zero-order valence-corrected chi connectivity index (χ0v) is 31.8. The first-order chi connectivity index (χ1) is 25.0. The average molecular weight is 788 g/mol. The van der Waals surface area contributed by atoms with Crippen LogP contribution in [-0.4, -0.2) is 77.9 Å². The number of carbonyl (C=O) groups excluding carboxylic acids is 3. The fourth-order valence-corrected chi connectivity index (χ4v) is 5.31. The van der Waals surface area contributed by atoms with Gasteiger partial charge in [0.05, 0.1) is 53.7 Å². The van der Waals surface area contributed by atoms with Gasteiger partial charge in [0.2, 0.25) is 0 Å². The predicted molar refractivity (Wildman–Crippen MR) is 202 cm³/mol. The molecule has 0 amide bonds. The third-order valence-electron chi connectivity index (χ3n) is 8.72. The molecule has 0 spiro atoms. The van der Waals surface area contributed by atoms with E-state index < -0.39 is 36.2 Å². The second kappa shape index (κ2) is 16.9. The molecule has 3 N–H and O–H groups in total. The highest BCUT2D eigenvalue weighted by Gasteiger charge is 2.52. The number of hydrogen-bond acceptors (Lipinski definition) is 12. The van der Waals surface area contributed by atoms with Gasteiger partial charge in [0.25, 0.3) is 0 Å². The molecule has 0 radical (unpaired) electrons. The quantitative estimate of drug-likeness (QED) is 0.0967. The number of aromatic hydroxyl groups is 3. The number of halogens is 1. The van der Waals surface area contributed by atoms with Crippen molar-refractivity contribution in [2.75, 3.05) is 21.3 Å². The summed E-state index contributed by atoms with van der Waals surface area (Å²) in [6, 6.07) is 21.5. The molecule has 0 unspecified atom stereocenters. The zero-order chi connectivity index (χ0) is 39.1. The van der Waals surface area contributed by atoms with E-state index >= 15 is 0 Å². The van der Waals surface area contributed by atoms with Crippen molar-refractivity contribution in [1.82, 2.24) is 4.98 Å². The van der Waals surface area contributed by atoms with Crippen LogP contribution < -0.4 is 5.46 Å². The van der Waals surface area contributed by atoms with Crippen molar-refractivity contribution in [2.24, 2.45) is 0 Å². The van der Waals surface area contributed by atoms with E-state index in [0.717, 1.165) is 16.3 Å². The molecule has 2 heterocycles. The molecule has 1 fully saturated rings. The minimum Gasteiger partial charge on any atom is -0.508 e. The standard InChI is InChI=1S/C17H13NO3.C14H19BO5.C8H7BrO3/c1-21-17(20)12-5-6-14(16(19)9-12)13-4-2-3-11-7-8-18-10-15(11)13;1-13(2)14(3,4)20-15(19-13)10-7-6-9(8-11(10)16)12(17)18-5;1-12-8(11)5-2-3-6(9)7(10)4-5/h2-10,19H,1H3;6-8,16H,1-5H3;2-4,10H,1H3. The molecule has 1 saturated heterocycles. The van der Waals surface area contributed by atoms with Gasteiger partial charge in [-0.25, -0.2) is 14.4 Å². The highest BCUT2D eigenvalue weighted by Crippen LogP contribution is 2.37. The lowest BCUT2D eigenvalue weighted by molar-refractivity contribution is 0.00578. The Kier molecular flexibility index (Phi) is 12.9. The van der Waals surface area contributed by atoms with Crippen molar-refractivity contribution in [2.45, 2.75) is 38.9 Å². The number of carbonyl (C=O) groups is 3. The van der Waals surface area contributed by atoms with E-state index in [0.29, 0.717) is 26.6 Å². The van der Waals surface area contributed by atoms with Crippen molar-refractivity contribution < 1.29 is 53.2 Å². The molecule has 0 aliphatic carbocycles. The SMILES string of the molecule is COC(=O)c1ccc(-c2cccc3ccncc23)c(O)c1.COC(=O)c1ccc(B2OC(C)(C)C(C)(C)O2)c(O)c1.COC(=O)c1ccc(Br)c(O)c1. The van der Waals surface area contributed by atoms with Crippen molar-refractivity contribution in [1.29, 1.82) is 0 Å². The smallest absolute Gasteiger partial charge is 0.498 e. The maximum absolute atomic E-state index is 11.5. The van der Waals surface area contributed by atoms with Crippen molar-refractivity contribution in [3.63, 3.8) is 0 Å². The summed E-state index contributed by atoms with van der Waals surface area (Å²) in [5, 5.41) is 31.5. The Hall–Kier alpha value is -5.44. The lowest BCUT2D eigenvalue weighted by atomic mass is 9.78. The average Bonchev–Trinajstić information content (AvgIpc) is 3.37. The van der Waals surface area contributed by atoms with E-state index in [-0.39, 0.29) is 22.8 Å². The Morgan fingerprint density at radius 3 is 1.68 bits per heavy atom. The van der Waals surface area contributed by atoms with Gasteiger partial charge in [-0.05, 0) is 109 Å². The maximum Gasteiger partial charge on any atom is 0.498 e. The molecule has 1 aliphatic rings. The van der Waals surface area contributed by atoms with Gasteiger partial charge in [0, 0.05) is 28.8 Å². The van der Waals surface area contributed by atoms with Crippen LogP contribution in [0.3, 0.4) is 0 Å². The first-order valence-corrected chi connectivity index (χ1v) is 16.9. The predicted octanol–water partition coefficient (Wildman–Crippen LogP) is 6.81. The van der Waals surface area contributed by atoms with Crippen LogP contribution in [0.25, 0.3) is 21.9 Å². The minimum absolute atomic E-state index is 0.0258. The number of methoxy groups -OCH3 is 3. The number of hydrogen-bond donors (Lipinski definition) is 3. The molecule has 276 valence electrons. The first-order valence-electron chi connectivity index (χ1n) is 16.1. The van der Waals surface area contributed by atoms with Gasteiger partial charge in [0.15, 0.2) is 0 Å². The van der Waals surface area contributed by atoms with Crippen LogP contribution in [0.15, 0.2) is 95.7 Å². The van der Waals surface area contributed by atoms with Gasteiger partial charge in [-0.1, -0.05) is 24.3 Å². The second-order valence-electron chi connectivity index (χ2n) is 12.6. The molecule has 14 heteroatoms. The molecule has 5 aromatic rings. The van der Waals surface area contributed by atoms with Gasteiger partial charge in [0.1, 0.15) is 17.2 Å². The van der Waals surface area contributed by atoms with Crippen LogP contribution in [-0.2, 0) is 23.5 Å². The molecule has 4 aromatic carbocycles. The summed E-state index contributed by atoms with van der Waals surface area (Å²) in [7, 11) is 3.23. The molecule has 1 aromatic heterocycles. The van der Waals surface area contributed by atoms with E-state index in [9.17, 15) is 29.7 Å². The molecule has 0 bridgehead atoms. The molecular weight excluding hydrogens is 749 g/mol. The van der Waals surface area contributed by atoms with Crippen LogP contribution in [0.5, 0.6) is 17.2 Å². The third kappa shape index (κ3) is 9.33. The zero-order valence-electron chi connectivity index (χ0n) is 30.2. The van der Waals surface area contributed by atoms with Crippen LogP contribution >= 0.6 is 15.9 Å². The molecule has 6 rings (SSSR count). The first kappa shape index (κ1) is 40.3. The van der Waals surface area contributed by atoms with E-state index in [1.807, 2.05) is 52.0 Å². The monoisotopic (exact) mass is 787 g/mol. The van der Waals surface area contributed by atoms with E-state index in [2.05, 4.69) is 35.1 Å². The van der Waals surface area contributed by atoms with Gasteiger partial charge in [-0.15, -0.1) is 0 Å². The van der Waals surface area contributed by atoms with Crippen LogP contribution in [0.2, 0.25) is 0 Å². The Bertz CT molecular complexity index is 2120. The largest absolute Gasteiger partial charge is 0.508 e. The van der Waals surface area contributed by atoms with Gasteiger partial charge in [-0.3, -0.25) is 4.98 Å². The number of rotatable bonds is 5. The number of esters is 3. The maximum atomic E-state index is 11.5. The fraction of sp³-hybridized carbons (Fsp3) is 0.231. The lowest BCUT2D eigenvalue weighted by Crippen LogP contribution is -2.41. The van der Waals surface area contributed by atoms with E-state index in [1.54, 1.807) is 48.8 Å². The Morgan fingerprint density at radius 1 is 0.660 bits per heavy atom.